The highest BCUT2D eigenvalue weighted by atomic mass is 35.5. The summed E-state index contributed by atoms with van der Waals surface area (Å²) in [6.45, 7) is 0. The monoisotopic (exact) mass is 365 g/mol. The van der Waals surface area contributed by atoms with Gasteiger partial charge in [-0.2, -0.15) is 5.10 Å². The summed E-state index contributed by atoms with van der Waals surface area (Å²) in [6, 6.07) is 10.9. The van der Waals surface area contributed by atoms with Crippen molar-refractivity contribution >= 4 is 29.0 Å². The van der Waals surface area contributed by atoms with Crippen LogP contribution in [0.5, 0.6) is 11.5 Å². The minimum absolute atomic E-state index is 0.188. The molecule has 1 unspecified atom stereocenters. The van der Waals surface area contributed by atoms with Gasteiger partial charge in [0.15, 0.2) is 0 Å². The van der Waals surface area contributed by atoms with Gasteiger partial charge in [-0.1, -0.05) is 23.2 Å². The maximum Gasteiger partial charge on any atom is 0.255 e. The van der Waals surface area contributed by atoms with E-state index in [1.807, 2.05) is 0 Å². The van der Waals surface area contributed by atoms with E-state index in [2.05, 4.69) is 10.1 Å². The number of alkyl halides is 1. The predicted molar refractivity (Wildman–Crippen MR) is 87.5 cm³/mol. The molecule has 0 N–H and O–H groups in total. The average molecular weight is 366 g/mol. The fourth-order valence-corrected chi connectivity index (χ4v) is 2.41. The fraction of sp³-hybridized carbons (Fsp3) is 0.0625. The van der Waals surface area contributed by atoms with Crippen LogP contribution in [0.15, 0.2) is 55.1 Å². The summed E-state index contributed by atoms with van der Waals surface area (Å²) in [5, 5.41) is 4.47. The first-order chi connectivity index (χ1) is 11.5. The molecule has 0 aliphatic rings. The molecule has 8 heteroatoms. The Morgan fingerprint density at radius 1 is 1.17 bits per heavy atom. The molecule has 0 fully saturated rings. The Morgan fingerprint density at radius 2 is 1.92 bits per heavy atom. The molecule has 0 radical (unpaired) electrons. The lowest BCUT2D eigenvalue weighted by Crippen LogP contribution is -2.15. The number of ether oxygens (including phenoxy) is 1. The summed E-state index contributed by atoms with van der Waals surface area (Å²) in [6.07, 6.45) is 0.375. The van der Waals surface area contributed by atoms with Gasteiger partial charge in [0, 0.05) is 10.6 Å². The minimum Gasteiger partial charge on any atom is -0.456 e. The molecule has 1 aromatic heterocycles. The summed E-state index contributed by atoms with van der Waals surface area (Å²) in [5.74, 6) is 0.148. The van der Waals surface area contributed by atoms with Gasteiger partial charge in [0.05, 0.1) is 5.02 Å². The first kappa shape index (κ1) is 16.4. The van der Waals surface area contributed by atoms with E-state index in [1.165, 1.54) is 12.1 Å². The van der Waals surface area contributed by atoms with Gasteiger partial charge in [0.1, 0.15) is 24.2 Å². The highest BCUT2D eigenvalue weighted by Gasteiger charge is 2.21. The third kappa shape index (κ3) is 3.55. The molecule has 0 spiro atoms. The van der Waals surface area contributed by atoms with Crippen LogP contribution >= 0.6 is 23.2 Å². The van der Waals surface area contributed by atoms with Crippen LogP contribution in [-0.2, 0) is 0 Å². The van der Waals surface area contributed by atoms with Gasteiger partial charge in [0.2, 0.25) is 5.78 Å². The van der Waals surface area contributed by atoms with Crippen molar-refractivity contribution in [3.8, 4) is 11.5 Å². The largest absolute Gasteiger partial charge is 0.456 e. The van der Waals surface area contributed by atoms with Crippen LogP contribution in [0, 0.1) is 0 Å². The molecule has 2 aromatic carbocycles. The number of carbonyl (C=O) groups is 1. The van der Waals surface area contributed by atoms with Crippen molar-refractivity contribution in [2.24, 2.45) is 0 Å². The molecule has 122 valence electrons. The molecule has 5 nitrogen and oxygen atoms in total. The second kappa shape index (κ2) is 6.98. The lowest BCUT2D eigenvalue weighted by atomic mass is 10.1. The van der Waals surface area contributed by atoms with Crippen molar-refractivity contribution in [2.45, 2.75) is 6.30 Å². The molecule has 1 atom stereocenters. The smallest absolute Gasteiger partial charge is 0.255 e. The summed E-state index contributed by atoms with van der Waals surface area (Å²) < 4.78 is 20.5. The van der Waals surface area contributed by atoms with E-state index in [0.29, 0.717) is 21.5 Å². The third-order valence-corrected chi connectivity index (χ3v) is 3.68. The molecule has 0 saturated heterocycles. The number of hydrogen-bond donors (Lipinski definition) is 0. The zero-order valence-electron chi connectivity index (χ0n) is 12.1. The minimum atomic E-state index is -1.93. The maximum absolute atomic E-state index is 14.0. The normalized spacial score (nSPS) is 12.0. The SMILES string of the molecule is O=C(c1ccc(Oc2ccc(Cl)cc2Cl)cc1)C(F)n1cncn1. The Hall–Kier alpha value is -2.44. The van der Waals surface area contributed by atoms with Gasteiger partial charge in [-0.25, -0.2) is 14.1 Å². The van der Waals surface area contributed by atoms with E-state index >= 15 is 0 Å². The number of carbonyl (C=O) groups excluding carboxylic acids is 1. The van der Waals surface area contributed by atoms with E-state index < -0.39 is 12.1 Å². The molecule has 0 bridgehead atoms. The number of aromatic nitrogens is 3. The number of hydrogen-bond acceptors (Lipinski definition) is 4. The van der Waals surface area contributed by atoms with Crippen LogP contribution < -0.4 is 4.74 Å². The van der Waals surface area contributed by atoms with E-state index in [4.69, 9.17) is 27.9 Å². The van der Waals surface area contributed by atoms with E-state index in [0.717, 1.165) is 17.3 Å². The third-order valence-electron chi connectivity index (χ3n) is 3.15. The molecule has 0 aliphatic carbocycles. The molecule has 0 aliphatic heterocycles. The summed E-state index contributed by atoms with van der Waals surface area (Å²) >= 11 is 11.9. The van der Waals surface area contributed by atoms with Crippen molar-refractivity contribution in [2.75, 3.05) is 0 Å². The van der Waals surface area contributed by atoms with Crippen molar-refractivity contribution < 1.29 is 13.9 Å². The molecule has 3 aromatic rings. The van der Waals surface area contributed by atoms with Crippen molar-refractivity contribution in [3.63, 3.8) is 0 Å². The number of rotatable bonds is 5. The highest BCUT2D eigenvalue weighted by molar-refractivity contribution is 6.35. The second-order valence-corrected chi connectivity index (χ2v) is 5.62. The molecule has 1 heterocycles. The lowest BCUT2D eigenvalue weighted by Gasteiger charge is -2.10. The van der Waals surface area contributed by atoms with E-state index in [-0.39, 0.29) is 5.56 Å². The summed E-state index contributed by atoms with van der Waals surface area (Å²) in [4.78, 5) is 15.7. The van der Waals surface area contributed by atoms with Crippen LogP contribution in [0.2, 0.25) is 10.0 Å². The van der Waals surface area contributed by atoms with E-state index in [1.54, 1.807) is 30.3 Å². The van der Waals surface area contributed by atoms with E-state index in [9.17, 15) is 9.18 Å². The predicted octanol–water partition coefficient (Wildman–Crippen LogP) is 4.73. The van der Waals surface area contributed by atoms with Gasteiger partial charge in [-0.15, -0.1) is 0 Å². The molecule has 3 rings (SSSR count). The van der Waals surface area contributed by atoms with Gasteiger partial charge < -0.3 is 4.74 Å². The van der Waals surface area contributed by atoms with Crippen LogP contribution in [0.3, 0.4) is 0 Å². The average Bonchev–Trinajstić information content (AvgIpc) is 3.11. The molecule has 24 heavy (non-hydrogen) atoms. The first-order valence-electron chi connectivity index (χ1n) is 6.80. The molecular formula is C16H10Cl2FN3O2. The number of halogens is 3. The van der Waals surface area contributed by atoms with Crippen LogP contribution in [0.25, 0.3) is 0 Å². The quantitative estimate of drug-likeness (QED) is 0.613. The molecule has 0 amide bonds. The van der Waals surface area contributed by atoms with Gasteiger partial charge >= 0.3 is 0 Å². The van der Waals surface area contributed by atoms with Gasteiger partial charge in [-0.3, -0.25) is 4.79 Å². The lowest BCUT2D eigenvalue weighted by molar-refractivity contribution is 0.0778. The van der Waals surface area contributed by atoms with Crippen LogP contribution in [0.4, 0.5) is 4.39 Å². The van der Waals surface area contributed by atoms with Crippen LogP contribution in [-0.4, -0.2) is 20.5 Å². The van der Waals surface area contributed by atoms with Gasteiger partial charge in [-0.05, 0) is 42.5 Å². The van der Waals surface area contributed by atoms with Crippen molar-refractivity contribution in [1.29, 1.82) is 0 Å². The Labute approximate surface area is 146 Å². The Balaban J connectivity index is 1.74. The Morgan fingerprint density at radius 3 is 2.54 bits per heavy atom. The number of ketones is 1. The zero-order valence-corrected chi connectivity index (χ0v) is 13.6. The maximum atomic E-state index is 14.0. The van der Waals surface area contributed by atoms with Crippen molar-refractivity contribution in [1.82, 2.24) is 14.8 Å². The second-order valence-electron chi connectivity index (χ2n) is 4.78. The molecule has 0 saturated carbocycles. The zero-order chi connectivity index (χ0) is 17.1. The summed E-state index contributed by atoms with van der Waals surface area (Å²) in [7, 11) is 0. The number of nitrogens with zero attached hydrogens (tertiary/aromatic N) is 3. The fourth-order valence-electron chi connectivity index (χ4n) is 1.96. The number of benzene rings is 2. The Bertz CT molecular complexity index is 854. The topological polar surface area (TPSA) is 57.0 Å². The standard InChI is InChI=1S/C16H10Cl2FN3O2/c17-11-3-6-14(13(18)7-11)24-12-4-1-10(2-5-12)15(23)16(19)22-9-20-8-21-22/h1-9,16H. The number of Topliss-reactive ketones (excluding diaryl/α,β-unsaturated/α-hetero) is 1. The van der Waals surface area contributed by atoms with Gasteiger partial charge in [0.25, 0.3) is 6.30 Å². The van der Waals surface area contributed by atoms with Crippen LogP contribution in [0.1, 0.15) is 16.7 Å². The van der Waals surface area contributed by atoms with Crippen molar-refractivity contribution in [3.05, 3.63) is 70.7 Å². The summed E-state index contributed by atoms with van der Waals surface area (Å²) in [5.41, 5.74) is 0.188. The molecular weight excluding hydrogens is 356 g/mol. The highest BCUT2D eigenvalue weighted by Crippen LogP contribution is 2.31. The Kier molecular flexibility index (Phi) is 4.78. The first-order valence-corrected chi connectivity index (χ1v) is 7.55.